The third-order valence-corrected chi connectivity index (χ3v) is 0.545. The Labute approximate surface area is 67.7 Å². The van der Waals surface area contributed by atoms with E-state index in [0.29, 0.717) is 6.54 Å². The van der Waals surface area contributed by atoms with E-state index in [-0.39, 0.29) is 24.0 Å². The standard InChI is InChI=1S/C5H11N2.HI/c1-7(2,3)5-4-6;/h5H2,1-3H3;1H/q+1;/p-1. The van der Waals surface area contributed by atoms with Crippen molar-refractivity contribution in [1.82, 2.24) is 0 Å². The molecule has 0 radical (unpaired) electrons. The molecule has 8 heavy (non-hydrogen) atoms. The van der Waals surface area contributed by atoms with E-state index >= 15 is 0 Å². The highest BCUT2D eigenvalue weighted by molar-refractivity contribution is 4.65. The average molecular weight is 226 g/mol. The zero-order chi connectivity index (χ0) is 5.91. The number of nitrogens with zero attached hydrogens (tertiary/aromatic N) is 2. The third-order valence-electron chi connectivity index (χ3n) is 0.545. The van der Waals surface area contributed by atoms with Gasteiger partial charge in [-0.25, -0.2) is 0 Å². The molecule has 0 aromatic rings. The fourth-order valence-corrected chi connectivity index (χ4v) is 0.212. The summed E-state index contributed by atoms with van der Waals surface area (Å²) in [5.74, 6) is 0. The molecule has 0 aliphatic carbocycles. The summed E-state index contributed by atoms with van der Waals surface area (Å²) in [4.78, 5) is 0. The van der Waals surface area contributed by atoms with E-state index in [1.54, 1.807) is 0 Å². The molecule has 0 aliphatic heterocycles. The summed E-state index contributed by atoms with van der Waals surface area (Å²) in [6.07, 6.45) is 0. The first-order valence-electron chi connectivity index (χ1n) is 2.24. The monoisotopic (exact) mass is 226 g/mol. The summed E-state index contributed by atoms with van der Waals surface area (Å²) in [6, 6.07) is 2.08. The Morgan fingerprint density at radius 3 is 1.75 bits per heavy atom. The summed E-state index contributed by atoms with van der Waals surface area (Å²) >= 11 is 0. The molecule has 0 atom stereocenters. The highest BCUT2D eigenvalue weighted by atomic mass is 127. The zero-order valence-corrected chi connectivity index (χ0v) is 7.64. The van der Waals surface area contributed by atoms with Crippen LogP contribution in [0.25, 0.3) is 0 Å². The largest absolute Gasteiger partial charge is 1.00 e. The highest BCUT2D eigenvalue weighted by Gasteiger charge is 2.01. The Morgan fingerprint density at radius 1 is 1.38 bits per heavy atom. The molecule has 0 bridgehead atoms. The van der Waals surface area contributed by atoms with Gasteiger partial charge in [0.15, 0.2) is 6.54 Å². The highest BCUT2D eigenvalue weighted by Crippen LogP contribution is 1.84. The van der Waals surface area contributed by atoms with Crippen LogP contribution in [0.1, 0.15) is 0 Å². The van der Waals surface area contributed by atoms with Crippen molar-refractivity contribution in [2.24, 2.45) is 0 Å². The summed E-state index contributed by atoms with van der Waals surface area (Å²) < 4.78 is 0.733. The molecule has 2 nitrogen and oxygen atoms in total. The minimum atomic E-state index is 0. The molecular formula is C5H11IN2. The van der Waals surface area contributed by atoms with Crippen molar-refractivity contribution < 1.29 is 28.5 Å². The van der Waals surface area contributed by atoms with E-state index in [9.17, 15) is 0 Å². The van der Waals surface area contributed by atoms with Crippen molar-refractivity contribution in [1.29, 1.82) is 5.26 Å². The first-order chi connectivity index (χ1) is 3.06. The predicted molar refractivity (Wildman–Crippen MR) is 28.5 cm³/mol. The molecule has 0 N–H and O–H groups in total. The van der Waals surface area contributed by atoms with Crippen LogP contribution < -0.4 is 24.0 Å². The van der Waals surface area contributed by atoms with E-state index < -0.39 is 0 Å². The molecule has 0 rings (SSSR count). The second-order valence-corrected chi connectivity index (χ2v) is 2.61. The Kier molecular flexibility index (Phi) is 5.66. The van der Waals surface area contributed by atoms with Gasteiger partial charge in [0.1, 0.15) is 6.07 Å². The topological polar surface area (TPSA) is 23.8 Å². The van der Waals surface area contributed by atoms with Gasteiger partial charge >= 0.3 is 0 Å². The van der Waals surface area contributed by atoms with Crippen molar-refractivity contribution in [2.45, 2.75) is 0 Å². The maximum absolute atomic E-state index is 8.14. The quantitative estimate of drug-likeness (QED) is 0.269. The normalized spacial score (nSPS) is 9.25. The summed E-state index contributed by atoms with van der Waals surface area (Å²) in [5, 5.41) is 8.14. The SMILES string of the molecule is C[N+](C)(C)CC#N.[I-]. The number of hydrogen-bond donors (Lipinski definition) is 0. The molecule has 0 unspecified atom stereocenters. The molecule has 0 saturated heterocycles. The summed E-state index contributed by atoms with van der Waals surface area (Å²) in [6.45, 7) is 0.583. The average Bonchev–Trinajstić information content (AvgIpc) is 1.30. The van der Waals surface area contributed by atoms with Crippen LogP contribution in [0.4, 0.5) is 0 Å². The molecule has 0 saturated carbocycles. The van der Waals surface area contributed by atoms with Gasteiger partial charge in [0.25, 0.3) is 0 Å². The summed E-state index contributed by atoms with van der Waals surface area (Å²) in [7, 11) is 5.97. The molecule has 0 spiro atoms. The van der Waals surface area contributed by atoms with Crippen LogP contribution in [-0.4, -0.2) is 32.2 Å². The Morgan fingerprint density at radius 2 is 1.75 bits per heavy atom. The Balaban J connectivity index is 0. The van der Waals surface area contributed by atoms with Gasteiger partial charge in [0, 0.05) is 0 Å². The fourth-order valence-electron chi connectivity index (χ4n) is 0.212. The van der Waals surface area contributed by atoms with E-state index in [2.05, 4.69) is 6.07 Å². The van der Waals surface area contributed by atoms with Gasteiger partial charge in [0.05, 0.1) is 21.1 Å². The number of quaternary nitrogens is 1. The van der Waals surface area contributed by atoms with Crippen molar-refractivity contribution >= 4 is 0 Å². The molecule has 0 aromatic carbocycles. The maximum atomic E-state index is 8.14. The van der Waals surface area contributed by atoms with Crippen molar-refractivity contribution in [3.8, 4) is 6.07 Å². The van der Waals surface area contributed by atoms with Crippen LogP contribution in [0.5, 0.6) is 0 Å². The molecule has 0 fully saturated rings. The molecule has 0 aliphatic rings. The number of nitriles is 1. The number of hydrogen-bond acceptors (Lipinski definition) is 1. The van der Waals surface area contributed by atoms with Crippen LogP contribution in [0.15, 0.2) is 0 Å². The lowest BCUT2D eigenvalue weighted by atomic mass is 10.6. The lowest BCUT2D eigenvalue weighted by molar-refractivity contribution is -0.863. The molecule has 0 aromatic heterocycles. The second-order valence-electron chi connectivity index (χ2n) is 2.61. The van der Waals surface area contributed by atoms with Crippen LogP contribution in [-0.2, 0) is 0 Å². The first-order valence-corrected chi connectivity index (χ1v) is 2.24. The molecule has 3 heteroatoms. The van der Waals surface area contributed by atoms with Gasteiger partial charge in [-0.15, -0.1) is 0 Å². The van der Waals surface area contributed by atoms with E-state index in [1.165, 1.54) is 0 Å². The fraction of sp³-hybridized carbons (Fsp3) is 0.800. The van der Waals surface area contributed by atoms with Crippen LogP contribution in [0.3, 0.4) is 0 Å². The van der Waals surface area contributed by atoms with Crippen LogP contribution >= 0.6 is 0 Å². The van der Waals surface area contributed by atoms with E-state index in [4.69, 9.17) is 5.26 Å². The number of rotatable bonds is 1. The lowest BCUT2D eigenvalue weighted by Gasteiger charge is -2.18. The van der Waals surface area contributed by atoms with Crippen LogP contribution in [0.2, 0.25) is 0 Å². The second kappa shape index (κ2) is 4.10. The Hall–Kier alpha value is 0.180. The van der Waals surface area contributed by atoms with Crippen molar-refractivity contribution in [2.75, 3.05) is 27.7 Å². The summed E-state index contributed by atoms with van der Waals surface area (Å²) in [5.41, 5.74) is 0. The molecule has 0 heterocycles. The van der Waals surface area contributed by atoms with Crippen molar-refractivity contribution in [3.05, 3.63) is 0 Å². The van der Waals surface area contributed by atoms with Gasteiger partial charge < -0.3 is 28.5 Å². The third kappa shape index (κ3) is 9.49. The first kappa shape index (κ1) is 11.0. The lowest BCUT2D eigenvalue weighted by Crippen LogP contribution is -3.00. The number of halogens is 1. The van der Waals surface area contributed by atoms with E-state index in [1.807, 2.05) is 21.1 Å². The van der Waals surface area contributed by atoms with Crippen molar-refractivity contribution in [3.63, 3.8) is 0 Å². The van der Waals surface area contributed by atoms with Gasteiger partial charge in [-0.1, -0.05) is 0 Å². The smallest absolute Gasteiger partial charge is 0.165 e. The van der Waals surface area contributed by atoms with Gasteiger partial charge in [0.2, 0.25) is 0 Å². The minimum absolute atomic E-state index is 0. The van der Waals surface area contributed by atoms with Gasteiger partial charge in [-0.3, -0.25) is 0 Å². The molecule has 48 valence electrons. The predicted octanol–water partition coefficient (Wildman–Crippen LogP) is -2.78. The molecular weight excluding hydrogens is 215 g/mol. The minimum Gasteiger partial charge on any atom is -1.00 e. The zero-order valence-electron chi connectivity index (χ0n) is 5.48. The Bertz CT molecular complexity index is 87.6. The molecule has 0 amide bonds. The van der Waals surface area contributed by atoms with Crippen LogP contribution in [0, 0.1) is 11.3 Å². The van der Waals surface area contributed by atoms with Gasteiger partial charge in [-0.05, 0) is 0 Å². The maximum Gasteiger partial charge on any atom is 0.165 e. The van der Waals surface area contributed by atoms with Gasteiger partial charge in [-0.2, -0.15) is 5.26 Å². The van der Waals surface area contributed by atoms with E-state index in [0.717, 1.165) is 4.48 Å².